The van der Waals surface area contributed by atoms with Crippen molar-refractivity contribution in [2.45, 2.75) is 50.7 Å². The van der Waals surface area contributed by atoms with Crippen molar-refractivity contribution in [2.24, 2.45) is 0 Å². The van der Waals surface area contributed by atoms with Gasteiger partial charge in [-0.2, -0.15) is 0 Å². The Morgan fingerprint density at radius 3 is 2.96 bits per heavy atom. The number of hydrogen-bond acceptors (Lipinski definition) is 3. The first-order valence-corrected chi connectivity index (χ1v) is 8.92. The molecule has 0 bridgehead atoms. The first-order chi connectivity index (χ1) is 12.5. The van der Waals surface area contributed by atoms with Crippen LogP contribution in [0.1, 0.15) is 37.7 Å². The molecular formula is C19H23FN2O4. The summed E-state index contributed by atoms with van der Waals surface area (Å²) in [6.07, 6.45) is 5.82. The number of benzene rings is 1. The van der Waals surface area contributed by atoms with Gasteiger partial charge in [0.1, 0.15) is 11.9 Å². The number of carbonyl (C=O) groups excluding carboxylic acids is 1. The number of ether oxygens (including phenoxy) is 1. The fraction of sp³-hybridized carbons (Fsp3) is 0.474. The van der Waals surface area contributed by atoms with Crippen LogP contribution in [0.25, 0.3) is 10.9 Å². The number of amides is 1. The number of aromatic amines is 1. The van der Waals surface area contributed by atoms with Crippen LogP contribution in [-0.2, 0) is 20.7 Å². The summed E-state index contributed by atoms with van der Waals surface area (Å²) in [7, 11) is 0. The van der Waals surface area contributed by atoms with E-state index in [0.717, 1.165) is 36.8 Å². The SMILES string of the molecule is O=C(CC[C@H]1CCCCO1)N[C@H](Cc1c[nH]c2cc(F)ccc12)C(=O)O. The Balaban J connectivity index is 1.59. The summed E-state index contributed by atoms with van der Waals surface area (Å²) in [5, 5.41) is 12.8. The number of aliphatic carboxylic acids is 1. The van der Waals surface area contributed by atoms with Crippen LogP contribution in [0, 0.1) is 5.82 Å². The van der Waals surface area contributed by atoms with E-state index in [1.54, 1.807) is 12.3 Å². The van der Waals surface area contributed by atoms with E-state index in [4.69, 9.17) is 4.74 Å². The molecule has 1 saturated heterocycles. The Morgan fingerprint density at radius 2 is 2.23 bits per heavy atom. The molecule has 0 saturated carbocycles. The number of carboxylic acid groups (broad SMARTS) is 1. The molecule has 3 N–H and O–H groups in total. The number of rotatable bonds is 7. The van der Waals surface area contributed by atoms with Crippen LogP contribution in [0.15, 0.2) is 24.4 Å². The minimum absolute atomic E-state index is 0.0845. The summed E-state index contributed by atoms with van der Waals surface area (Å²) in [4.78, 5) is 26.6. The maximum Gasteiger partial charge on any atom is 0.326 e. The van der Waals surface area contributed by atoms with E-state index >= 15 is 0 Å². The average molecular weight is 362 g/mol. The molecule has 26 heavy (non-hydrogen) atoms. The highest BCUT2D eigenvalue weighted by molar-refractivity contribution is 5.86. The molecule has 7 heteroatoms. The Morgan fingerprint density at radius 1 is 1.38 bits per heavy atom. The van der Waals surface area contributed by atoms with Crippen molar-refractivity contribution in [3.63, 3.8) is 0 Å². The minimum atomic E-state index is -1.09. The van der Waals surface area contributed by atoms with E-state index in [-0.39, 0.29) is 30.7 Å². The van der Waals surface area contributed by atoms with Crippen LogP contribution in [0.5, 0.6) is 0 Å². The van der Waals surface area contributed by atoms with E-state index in [1.807, 2.05) is 0 Å². The van der Waals surface area contributed by atoms with Gasteiger partial charge in [-0.25, -0.2) is 9.18 Å². The van der Waals surface area contributed by atoms with Gasteiger partial charge in [0, 0.05) is 36.5 Å². The molecule has 1 aliphatic heterocycles. The summed E-state index contributed by atoms with van der Waals surface area (Å²) in [5.41, 5.74) is 1.33. The van der Waals surface area contributed by atoms with E-state index < -0.39 is 12.0 Å². The van der Waals surface area contributed by atoms with Gasteiger partial charge in [0.05, 0.1) is 6.10 Å². The Bertz CT molecular complexity index is 783. The number of H-pyrrole nitrogens is 1. The molecular weight excluding hydrogens is 339 g/mol. The van der Waals surface area contributed by atoms with E-state index in [0.29, 0.717) is 11.9 Å². The third-order valence-corrected chi connectivity index (χ3v) is 4.75. The molecule has 2 heterocycles. The molecule has 1 fully saturated rings. The highest BCUT2D eigenvalue weighted by Crippen LogP contribution is 2.21. The summed E-state index contributed by atoms with van der Waals surface area (Å²) in [5.74, 6) is -1.75. The third kappa shape index (κ3) is 4.60. The predicted molar refractivity (Wildman–Crippen MR) is 94.4 cm³/mol. The van der Waals surface area contributed by atoms with Gasteiger partial charge in [-0.3, -0.25) is 4.79 Å². The van der Waals surface area contributed by atoms with Gasteiger partial charge in [-0.05, 0) is 49.4 Å². The first kappa shape index (κ1) is 18.4. The molecule has 2 atom stereocenters. The lowest BCUT2D eigenvalue weighted by Crippen LogP contribution is -2.42. The molecule has 3 rings (SSSR count). The van der Waals surface area contributed by atoms with E-state index in [2.05, 4.69) is 10.3 Å². The van der Waals surface area contributed by atoms with Gasteiger partial charge in [0.2, 0.25) is 5.91 Å². The normalized spacial score (nSPS) is 18.6. The number of fused-ring (bicyclic) bond motifs is 1. The van der Waals surface area contributed by atoms with Crippen molar-refractivity contribution >= 4 is 22.8 Å². The number of aromatic nitrogens is 1. The Kier molecular flexibility index (Phi) is 5.88. The highest BCUT2D eigenvalue weighted by atomic mass is 19.1. The molecule has 1 aromatic heterocycles. The molecule has 6 nitrogen and oxygen atoms in total. The molecule has 1 aliphatic rings. The smallest absolute Gasteiger partial charge is 0.326 e. The predicted octanol–water partition coefficient (Wildman–Crippen LogP) is 2.77. The fourth-order valence-electron chi connectivity index (χ4n) is 3.34. The van der Waals surface area contributed by atoms with Gasteiger partial charge in [0.25, 0.3) is 0 Å². The zero-order valence-electron chi connectivity index (χ0n) is 14.5. The highest BCUT2D eigenvalue weighted by Gasteiger charge is 2.23. The molecule has 1 amide bonds. The van der Waals surface area contributed by atoms with E-state index in [1.165, 1.54) is 12.1 Å². The van der Waals surface area contributed by atoms with Crippen molar-refractivity contribution in [1.29, 1.82) is 0 Å². The monoisotopic (exact) mass is 362 g/mol. The first-order valence-electron chi connectivity index (χ1n) is 8.92. The van der Waals surface area contributed by atoms with Crippen molar-refractivity contribution in [1.82, 2.24) is 10.3 Å². The van der Waals surface area contributed by atoms with Crippen molar-refractivity contribution < 1.29 is 23.8 Å². The number of hydrogen-bond donors (Lipinski definition) is 3. The van der Waals surface area contributed by atoms with Gasteiger partial charge < -0.3 is 20.1 Å². The van der Waals surface area contributed by atoms with Gasteiger partial charge in [0.15, 0.2) is 0 Å². The van der Waals surface area contributed by atoms with Crippen LogP contribution in [0.3, 0.4) is 0 Å². The maximum absolute atomic E-state index is 13.3. The van der Waals surface area contributed by atoms with Gasteiger partial charge in [-0.1, -0.05) is 0 Å². The lowest BCUT2D eigenvalue weighted by molar-refractivity contribution is -0.141. The van der Waals surface area contributed by atoms with Crippen LogP contribution in [0.4, 0.5) is 4.39 Å². The van der Waals surface area contributed by atoms with Crippen LogP contribution in [0.2, 0.25) is 0 Å². The summed E-state index contributed by atoms with van der Waals surface area (Å²) >= 11 is 0. The van der Waals surface area contributed by atoms with Gasteiger partial charge in [-0.15, -0.1) is 0 Å². The van der Waals surface area contributed by atoms with Crippen LogP contribution >= 0.6 is 0 Å². The Hall–Kier alpha value is -2.41. The molecule has 140 valence electrons. The maximum atomic E-state index is 13.3. The second-order valence-electron chi connectivity index (χ2n) is 6.69. The van der Waals surface area contributed by atoms with Crippen molar-refractivity contribution in [3.05, 3.63) is 35.8 Å². The molecule has 0 unspecified atom stereocenters. The fourth-order valence-corrected chi connectivity index (χ4v) is 3.34. The lowest BCUT2D eigenvalue weighted by Gasteiger charge is -2.22. The Labute approximate surface area is 150 Å². The van der Waals surface area contributed by atoms with Crippen LogP contribution in [-0.4, -0.2) is 40.7 Å². The molecule has 0 aliphatic carbocycles. The molecule has 1 aromatic carbocycles. The summed E-state index contributed by atoms with van der Waals surface area (Å²) < 4.78 is 18.9. The van der Waals surface area contributed by atoms with E-state index in [9.17, 15) is 19.1 Å². The number of nitrogens with one attached hydrogen (secondary N) is 2. The molecule has 0 radical (unpaired) electrons. The number of halogens is 1. The molecule has 2 aromatic rings. The second kappa shape index (κ2) is 8.31. The number of carbonyl (C=O) groups is 2. The third-order valence-electron chi connectivity index (χ3n) is 4.75. The molecule has 0 spiro atoms. The summed E-state index contributed by atoms with van der Waals surface area (Å²) in [6.45, 7) is 0.727. The second-order valence-corrected chi connectivity index (χ2v) is 6.69. The lowest BCUT2D eigenvalue weighted by atomic mass is 10.0. The standard InChI is InChI=1S/C19H23FN2O4/c20-13-4-6-15-12(11-21-16(15)10-13)9-17(19(24)25)22-18(23)7-5-14-3-1-2-8-26-14/h4,6,10-11,14,17,21H,1-3,5,7-9H2,(H,22,23)(H,24,25)/t14-,17-/m1/s1. The topological polar surface area (TPSA) is 91.4 Å². The number of carboxylic acids is 1. The average Bonchev–Trinajstić information content (AvgIpc) is 3.02. The van der Waals surface area contributed by atoms with Crippen molar-refractivity contribution in [3.8, 4) is 0 Å². The van der Waals surface area contributed by atoms with Crippen LogP contribution < -0.4 is 5.32 Å². The van der Waals surface area contributed by atoms with Crippen molar-refractivity contribution in [2.75, 3.05) is 6.61 Å². The largest absolute Gasteiger partial charge is 0.480 e. The summed E-state index contributed by atoms with van der Waals surface area (Å²) in [6, 6.07) is 3.27. The quantitative estimate of drug-likeness (QED) is 0.706. The minimum Gasteiger partial charge on any atom is -0.480 e. The van der Waals surface area contributed by atoms with Gasteiger partial charge >= 0.3 is 5.97 Å². The zero-order chi connectivity index (χ0) is 18.5. The zero-order valence-corrected chi connectivity index (χ0v) is 14.5.